The molecule has 0 saturated heterocycles. The Morgan fingerprint density at radius 1 is 1.25 bits per heavy atom. The van der Waals surface area contributed by atoms with Gasteiger partial charge in [-0.15, -0.1) is 0 Å². The van der Waals surface area contributed by atoms with Crippen LogP contribution in [0.3, 0.4) is 0 Å². The first kappa shape index (κ1) is 14.6. The topological polar surface area (TPSA) is 34.1 Å². The normalized spacial score (nSPS) is 10.3. The lowest BCUT2D eigenvalue weighted by atomic mass is 10.3. The van der Waals surface area contributed by atoms with Crippen LogP contribution in [-0.4, -0.2) is 11.5 Å². The zero-order valence-corrected chi connectivity index (χ0v) is 12.0. The van der Waals surface area contributed by atoms with Crippen LogP contribution in [-0.2, 0) is 6.61 Å². The van der Waals surface area contributed by atoms with Crippen molar-refractivity contribution in [1.29, 1.82) is 0 Å². The number of hydrogen-bond donors (Lipinski definition) is 1. The Morgan fingerprint density at radius 2 is 2.05 bits per heavy atom. The van der Waals surface area contributed by atoms with Crippen molar-refractivity contribution in [3.63, 3.8) is 0 Å². The maximum absolute atomic E-state index is 13.7. The summed E-state index contributed by atoms with van der Waals surface area (Å²) in [4.78, 5) is 4.39. The van der Waals surface area contributed by atoms with Crippen molar-refractivity contribution < 1.29 is 9.13 Å². The Bertz CT molecular complexity index is 578. The number of benzene rings is 1. The number of hydrogen-bond acceptors (Lipinski definition) is 3. The summed E-state index contributed by atoms with van der Waals surface area (Å²) in [5, 5.41) is 3.24. The fourth-order valence-corrected chi connectivity index (χ4v) is 1.82. The molecule has 2 rings (SSSR count). The van der Waals surface area contributed by atoms with Gasteiger partial charge >= 0.3 is 0 Å². The number of aromatic nitrogens is 1. The van der Waals surface area contributed by atoms with E-state index in [9.17, 15) is 4.39 Å². The Kier molecular flexibility index (Phi) is 5.18. The molecule has 1 N–H and O–H groups in total. The van der Waals surface area contributed by atoms with E-state index >= 15 is 0 Å². The minimum atomic E-state index is -0.547. The number of anilines is 1. The lowest BCUT2D eigenvalue weighted by Gasteiger charge is -2.09. The molecule has 0 radical (unpaired) electrons. The summed E-state index contributed by atoms with van der Waals surface area (Å²) < 4.78 is 19.1. The number of nitrogens with zero attached hydrogens (tertiary/aromatic N) is 1. The van der Waals surface area contributed by atoms with Gasteiger partial charge in [-0.3, -0.25) is 0 Å². The summed E-state index contributed by atoms with van der Waals surface area (Å²) in [5.41, 5.74) is 0.727. The van der Waals surface area contributed by atoms with Gasteiger partial charge in [0.2, 0.25) is 0 Å². The van der Waals surface area contributed by atoms with Crippen molar-refractivity contribution in [1.82, 2.24) is 4.98 Å². The van der Waals surface area contributed by atoms with Gasteiger partial charge in [0.15, 0.2) is 11.6 Å². The van der Waals surface area contributed by atoms with Crippen molar-refractivity contribution >= 4 is 17.4 Å². The highest BCUT2D eigenvalue weighted by Gasteiger charge is 2.07. The van der Waals surface area contributed by atoms with E-state index in [1.54, 1.807) is 12.1 Å². The van der Waals surface area contributed by atoms with Crippen molar-refractivity contribution in [2.75, 3.05) is 11.9 Å². The van der Waals surface area contributed by atoms with Crippen LogP contribution in [0.5, 0.6) is 5.75 Å². The van der Waals surface area contributed by atoms with Crippen molar-refractivity contribution in [2.45, 2.75) is 20.0 Å². The van der Waals surface area contributed by atoms with Gasteiger partial charge in [0, 0.05) is 6.54 Å². The molecule has 5 heteroatoms. The molecule has 0 atom stereocenters. The van der Waals surface area contributed by atoms with E-state index < -0.39 is 5.82 Å². The molecule has 1 aromatic heterocycles. The Morgan fingerprint density at radius 3 is 2.85 bits per heavy atom. The monoisotopic (exact) mass is 294 g/mol. The van der Waals surface area contributed by atoms with Crippen molar-refractivity contribution in [3.05, 3.63) is 52.9 Å². The van der Waals surface area contributed by atoms with Gasteiger partial charge in [0.25, 0.3) is 0 Å². The maximum Gasteiger partial charge on any atom is 0.183 e. The first-order chi connectivity index (χ1) is 9.70. The Labute approximate surface area is 122 Å². The minimum Gasteiger partial charge on any atom is -0.484 e. The molecule has 1 heterocycles. The summed E-state index contributed by atoms with van der Waals surface area (Å²) in [6.07, 6.45) is 1.02. The molecule has 0 amide bonds. The molecule has 0 spiro atoms. The second-order valence-electron chi connectivity index (χ2n) is 4.28. The average molecular weight is 295 g/mol. The molecular formula is C15H16ClFN2O. The molecule has 106 valence electrons. The number of nitrogens with one attached hydrogen (secondary N) is 1. The van der Waals surface area contributed by atoms with Crippen LogP contribution >= 0.6 is 11.6 Å². The summed E-state index contributed by atoms with van der Waals surface area (Å²) in [6, 6.07) is 10.3. The first-order valence-electron chi connectivity index (χ1n) is 6.47. The SMILES string of the molecule is CCCNc1cccc(COc2cccc(Cl)c2F)n1. The van der Waals surface area contributed by atoms with E-state index in [1.807, 2.05) is 18.2 Å². The van der Waals surface area contributed by atoms with E-state index in [1.165, 1.54) is 6.07 Å². The largest absolute Gasteiger partial charge is 0.484 e. The van der Waals surface area contributed by atoms with Gasteiger partial charge in [-0.05, 0) is 30.7 Å². The summed E-state index contributed by atoms with van der Waals surface area (Å²) >= 11 is 5.70. The zero-order valence-electron chi connectivity index (χ0n) is 11.2. The lowest BCUT2D eigenvalue weighted by molar-refractivity contribution is 0.286. The smallest absolute Gasteiger partial charge is 0.183 e. The Hall–Kier alpha value is -1.81. The van der Waals surface area contributed by atoms with Crippen LogP contribution in [0.4, 0.5) is 10.2 Å². The number of ether oxygens (including phenoxy) is 1. The van der Waals surface area contributed by atoms with Crippen LogP contribution in [0.15, 0.2) is 36.4 Å². The maximum atomic E-state index is 13.7. The van der Waals surface area contributed by atoms with Crippen molar-refractivity contribution in [3.8, 4) is 5.75 Å². The number of pyridine rings is 1. The van der Waals surface area contributed by atoms with E-state index in [4.69, 9.17) is 16.3 Å². The highest BCUT2D eigenvalue weighted by molar-refractivity contribution is 6.30. The molecule has 0 aliphatic carbocycles. The van der Waals surface area contributed by atoms with E-state index in [-0.39, 0.29) is 17.4 Å². The molecule has 1 aromatic carbocycles. The van der Waals surface area contributed by atoms with Gasteiger partial charge in [-0.2, -0.15) is 0 Å². The molecule has 0 bridgehead atoms. The Balaban J connectivity index is 2.01. The van der Waals surface area contributed by atoms with Crippen LogP contribution in [0.1, 0.15) is 19.0 Å². The quantitative estimate of drug-likeness (QED) is 0.863. The third-order valence-electron chi connectivity index (χ3n) is 2.65. The van der Waals surface area contributed by atoms with E-state index in [0.717, 1.165) is 24.5 Å². The first-order valence-corrected chi connectivity index (χ1v) is 6.85. The number of rotatable bonds is 6. The fraction of sp³-hybridized carbons (Fsp3) is 0.267. The van der Waals surface area contributed by atoms with Gasteiger partial charge in [0.1, 0.15) is 12.4 Å². The molecule has 0 aliphatic rings. The highest BCUT2D eigenvalue weighted by Crippen LogP contribution is 2.24. The molecule has 20 heavy (non-hydrogen) atoms. The zero-order chi connectivity index (χ0) is 14.4. The molecule has 0 aliphatic heterocycles. The van der Waals surface area contributed by atoms with Gasteiger partial charge in [-0.25, -0.2) is 9.37 Å². The molecular weight excluding hydrogens is 279 g/mol. The molecule has 0 unspecified atom stereocenters. The molecule has 3 nitrogen and oxygen atoms in total. The summed E-state index contributed by atoms with van der Waals surface area (Å²) in [5.74, 6) is 0.375. The predicted octanol–water partition coefficient (Wildman–Crippen LogP) is 4.28. The molecule has 2 aromatic rings. The van der Waals surface area contributed by atoms with Gasteiger partial charge < -0.3 is 10.1 Å². The van der Waals surface area contributed by atoms with E-state index in [0.29, 0.717) is 0 Å². The number of halogens is 2. The van der Waals surface area contributed by atoms with Crippen LogP contribution in [0, 0.1) is 5.82 Å². The van der Waals surface area contributed by atoms with Crippen LogP contribution < -0.4 is 10.1 Å². The highest BCUT2D eigenvalue weighted by atomic mass is 35.5. The fourth-order valence-electron chi connectivity index (χ4n) is 1.66. The summed E-state index contributed by atoms with van der Waals surface area (Å²) in [6.45, 7) is 3.14. The molecule has 0 fully saturated rings. The van der Waals surface area contributed by atoms with Gasteiger partial charge in [-0.1, -0.05) is 30.7 Å². The standard InChI is InChI=1S/C15H16ClFN2O/c1-2-9-18-14-8-3-5-11(19-14)10-20-13-7-4-6-12(16)15(13)17/h3-8H,2,9-10H2,1H3,(H,18,19). The van der Waals surface area contributed by atoms with Crippen molar-refractivity contribution in [2.24, 2.45) is 0 Å². The third kappa shape index (κ3) is 3.84. The summed E-state index contributed by atoms with van der Waals surface area (Å²) in [7, 11) is 0. The molecule has 0 saturated carbocycles. The van der Waals surface area contributed by atoms with Crippen LogP contribution in [0.25, 0.3) is 0 Å². The predicted molar refractivity (Wildman–Crippen MR) is 78.8 cm³/mol. The second kappa shape index (κ2) is 7.10. The van der Waals surface area contributed by atoms with E-state index in [2.05, 4.69) is 17.2 Å². The average Bonchev–Trinajstić information content (AvgIpc) is 2.47. The second-order valence-corrected chi connectivity index (χ2v) is 4.69. The third-order valence-corrected chi connectivity index (χ3v) is 2.95. The van der Waals surface area contributed by atoms with Gasteiger partial charge in [0.05, 0.1) is 10.7 Å². The lowest BCUT2D eigenvalue weighted by Crippen LogP contribution is -2.05. The van der Waals surface area contributed by atoms with Crippen LogP contribution in [0.2, 0.25) is 5.02 Å². The minimum absolute atomic E-state index is 0.0498.